The summed E-state index contributed by atoms with van der Waals surface area (Å²) in [5.41, 5.74) is 7.22. The van der Waals surface area contributed by atoms with Crippen molar-refractivity contribution in [2.75, 3.05) is 31.7 Å². The second kappa shape index (κ2) is 6.14. The van der Waals surface area contributed by atoms with E-state index < -0.39 is 0 Å². The molecule has 100 valence electrons. The summed E-state index contributed by atoms with van der Waals surface area (Å²) in [6.07, 6.45) is 0.0611. The maximum absolute atomic E-state index is 11.5. The van der Waals surface area contributed by atoms with Gasteiger partial charge in [0, 0.05) is 14.1 Å². The van der Waals surface area contributed by atoms with Gasteiger partial charge >= 0.3 is 0 Å². The van der Waals surface area contributed by atoms with Gasteiger partial charge in [0.05, 0.1) is 24.0 Å². The number of hydrogen-bond donors (Lipinski definition) is 2. The van der Waals surface area contributed by atoms with Crippen molar-refractivity contribution in [2.45, 2.75) is 20.0 Å². The largest absolute Gasteiger partial charge is 0.489 e. The van der Waals surface area contributed by atoms with Crippen molar-refractivity contribution in [3.05, 3.63) is 18.2 Å². The van der Waals surface area contributed by atoms with Gasteiger partial charge in [-0.15, -0.1) is 0 Å². The molecule has 18 heavy (non-hydrogen) atoms. The molecule has 0 aliphatic carbocycles. The van der Waals surface area contributed by atoms with Crippen LogP contribution < -0.4 is 15.8 Å². The molecule has 1 rings (SSSR count). The maximum Gasteiger partial charge on any atom is 0.241 e. The predicted molar refractivity (Wildman–Crippen MR) is 73.8 cm³/mol. The molecular weight excluding hydrogens is 230 g/mol. The zero-order chi connectivity index (χ0) is 13.7. The third-order valence-corrected chi connectivity index (χ3v) is 2.36. The molecule has 0 aliphatic heterocycles. The molecule has 0 saturated carbocycles. The first-order valence-corrected chi connectivity index (χ1v) is 5.91. The van der Waals surface area contributed by atoms with Crippen LogP contribution in [0.1, 0.15) is 13.8 Å². The molecule has 0 saturated heterocycles. The van der Waals surface area contributed by atoms with Gasteiger partial charge in [-0.3, -0.25) is 4.79 Å². The molecule has 0 radical (unpaired) electrons. The molecule has 0 aromatic heterocycles. The molecule has 0 aliphatic rings. The number of amides is 1. The molecule has 5 nitrogen and oxygen atoms in total. The van der Waals surface area contributed by atoms with Crippen molar-refractivity contribution in [3.63, 3.8) is 0 Å². The Balaban J connectivity index is 2.75. The van der Waals surface area contributed by atoms with Crippen molar-refractivity contribution >= 4 is 17.3 Å². The Kier molecular flexibility index (Phi) is 4.83. The Morgan fingerprint density at radius 3 is 2.67 bits per heavy atom. The van der Waals surface area contributed by atoms with Crippen LogP contribution in [-0.4, -0.2) is 37.6 Å². The van der Waals surface area contributed by atoms with Crippen LogP contribution in [0.15, 0.2) is 18.2 Å². The van der Waals surface area contributed by atoms with Gasteiger partial charge in [0.1, 0.15) is 5.75 Å². The Bertz CT molecular complexity index is 417. The van der Waals surface area contributed by atoms with Crippen molar-refractivity contribution in [3.8, 4) is 5.75 Å². The molecule has 3 N–H and O–H groups in total. The van der Waals surface area contributed by atoms with Gasteiger partial charge in [-0.2, -0.15) is 0 Å². The zero-order valence-electron chi connectivity index (χ0n) is 11.4. The van der Waals surface area contributed by atoms with Crippen LogP contribution in [0.25, 0.3) is 0 Å². The van der Waals surface area contributed by atoms with E-state index in [0.29, 0.717) is 17.1 Å². The highest BCUT2D eigenvalue weighted by Crippen LogP contribution is 2.29. The average Bonchev–Trinajstić information content (AvgIpc) is 2.29. The minimum absolute atomic E-state index is 0.00965. The number of carbonyl (C=O) groups excluding carboxylic acids is 1. The summed E-state index contributed by atoms with van der Waals surface area (Å²) in [7, 11) is 3.43. The third kappa shape index (κ3) is 3.84. The Hall–Kier alpha value is -1.91. The maximum atomic E-state index is 11.5. The average molecular weight is 251 g/mol. The lowest BCUT2D eigenvalue weighted by molar-refractivity contribution is -0.126. The summed E-state index contributed by atoms with van der Waals surface area (Å²) >= 11 is 0. The number of nitrogens with one attached hydrogen (secondary N) is 1. The molecule has 0 fully saturated rings. The van der Waals surface area contributed by atoms with Gasteiger partial charge in [-0.25, -0.2) is 0 Å². The molecule has 1 amide bonds. The summed E-state index contributed by atoms with van der Waals surface area (Å²) in [5, 5.41) is 3.01. The molecular formula is C13H21N3O2. The number of hydrogen-bond acceptors (Lipinski definition) is 4. The normalized spacial score (nSPS) is 10.3. The van der Waals surface area contributed by atoms with Crippen LogP contribution in [0.4, 0.5) is 11.4 Å². The smallest absolute Gasteiger partial charge is 0.241 e. The van der Waals surface area contributed by atoms with E-state index in [2.05, 4.69) is 5.32 Å². The van der Waals surface area contributed by atoms with E-state index in [1.54, 1.807) is 14.1 Å². The molecule has 0 atom stereocenters. The van der Waals surface area contributed by atoms with Gasteiger partial charge in [0.15, 0.2) is 0 Å². The van der Waals surface area contributed by atoms with E-state index in [9.17, 15) is 4.79 Å². The van der Waals surface area contributed by atoms with Gasteiger partial charge in [0.25, 0.3) is 0 Å². The van der Waals surface area contributed by atoms with Crippen LogP contribution >= 0.6 is 0 Å². The summed E-state index contributed by atoms with van der Waals surface area (Å²) in [5.74, 6) is 0.622. The fourth-order valence-electron chi connectivity index (χ4n) is 1.38. The lowest BCUT2D eigenvalue weighted by Crippen LogP contribution is -2.28. The summed E-state index contributed by atoms with van der Waals surface area (Å²) in [6, 6.07) is 5.48. The zero-order valence-corrected chi connectivity index (χ0v) is 11.4. The first-order chi connectivity index (χ1) is 8.41. The Morgan fingerprint density at radius 2 is 2.11 bits per heavy atom. The van der Waals surface area contributed by atoms with Gasteiger partial charge in [-0.1, -0.05) is 6.07 Å². The lowest BCUT2D eigenvalue weighted by atomic mass is 10.2. The van der Waals surface area contributed by atoms with Gasteiger partial charge in [-0.05, 0) is 26.0 Å². The first kappa shape index (κ1) is 14.2. The monoisotopic (exact) mass is 251 g/mol. The van der Waals surface area contributed by atoms with Crippen molar-refractivity contribution in [2.24, 2.45) is 0 Å². The topological polar surface area (TPSA) is 67.6 Å². The van der Waals surface area contributed by atoms with E-state index in [-0.39, 0.29) is 18.6 Å². The number of likely N-dealkylation sites (N-methyl/N-ethyl adjacent to an activating group) is 1. The number of benzene rings is 1. The van der Waals surface area contributed by atoms with Crippen LogP contribution in [0.2, 0.25) is 0 Å². The van der Waals surface area contributed by atoms with E-state index in [1.807, 2.05) is 32.0 Å². The number of anilines is 2. The van der Waals surface area contributed by atoms with Crippen molar-refractivity contribution in [1.82, 2.24) is 4.90 Å². The van der Waals surface area contributed by atoms with Crippen LogP contribution in [0.5, 0.6) is 5.75 Å². The van der Waals surface area contributed by atoms with E-state index >= 15 is 0 Å². The third-order valence-electron chi connectivity index (χ3n) is 2.36. The molecule has 1 aromatic carbocycles. The molecule has 0 spiro atoms. The number of nitrogen functional groups attached to an aromatic ring is 1. The van der Waals surface area contributed by atoms with Crippen molar-refractivity contribution in [1.29, 1.82) is 0 Å². The summed E-state index contributed by atoms with van der Waals surface area (Å²) in [6.45, 7) is 4.09. The van der Waals surface area contributed by atoms with E-state index in [4.69, 9.17) is 10.5 Å². The predicted octanol–water partition coefficient (Wildman–Crippen LogP) is 1.56. The minimum Gasteiger partial charge on any atom is -0.489 e. The van der Waals surface area contributed by atoms with E-state index in [1.165, 1.54) is 4.90 Å². The molecule has 0 heterocycles. The number of rotatable bonds is 5. The van der Waals surface area contributed by atoms with Crippen LogP contribution in [0, 0.1) is 0 Å². The van der Waals surface area contributed by atoms with Crippen LogP contribution in [-0.2, 0) is 4.79 Å². The fourth-order valence-corrected chi connectivity index (χ4v) is 1.38. The fraction of sp³-hybridized carbons (Fsp3) is 0.462. The minimum atomic E-state index is -0.00965. The summed E-state index contributed by atoms with van der Waals surface area (Å²) < 4.78 is 5.58. The lowest BCUT2D eigenvalue weighted by Gasteiger charge is -2.16. The second-order valence-electron chi connectivity index (χ2n) is 4.53. The standard InChI is InChI=1S/C13H21N3O2/c1-9(2)18-11-7-5-6-10(13(11)14)15-8-12(17)16(3)4/h5-7,9,15H,8,14H2,1-4H3. The first-order valence-electron chi connectivity index (χ1n) is 5.91. The molecule has 5 heteroatoms. The SMILES string of the molecule is CC(C)Oc1cccc(NCC(=O)N(C)C)c1N. The molecule has 1 aromatic rings. The quantitative estimate of drug-likeness (QED) is 0.779. The highest BCUT2D eigenvalue weighted by Gasteiger charge is 2.09. The highest BCUT2D eigenvalue weighted by molar-refractivity contribution is 5.82. The summed E-state index contributed by atoms with van der Waals surface area (Å²) in [4.78, 5) is 13.0. The molecule has 0 bridgehead atoms. The number of nitrogens with two attached hydrogens (primary N) is 1. The van der Waals surface area contributed by atoms with Crippen molar-refractivity contribution < 1.29 is 9.53 Å². The van der Waals surface area contributed by atoms with Gasteiger partial charge in [0.2, 0.25) is 5.91 Å². The van der Waals surface area contributed by atoms with Gasteiger partial charge < -0.3 is 20.7 Å². The number of ether oxygens (including phenoxy) is 1. The Labute approximate surface area is 108 Å². The second-order valence-corrected chi connectivity index (χ2v) is 4.53. The number of nitrogens with zero attached hydrogens (tertiary/aromatic N) is 1. The molecule has 0 unspecified atom stereocenters. The number of para-hydroxylation sites is 1. The number of carbonyl (C=O) groups is 1. The highest BCUT2D eigenvalue weighted by atomic mass is 16.5. The Morgan fingerprint density at radius 1 is 1.44 bits per heavy atom. The van der Waals surface area contributed by atoms with Crippen LogP contribution in [0.3, 0.4) is 0 Å². The van der Waals surface area contributed by atoms with E-state index in [0.717, 1.165) is 0 Å².